The summed E-state index contributed by atoms with van der Waals surface area (Å²) in [5, 5.41) is 0. The second-order valence-corrected chi connectivity index (χ2v) is 7.94. The molecule has 0 N–H and O–H groups in total. The van der Waals surface area contributed by atoms with E-state index >= 15 is 0 Å². The third-order valence-corrected chi connectivity index (χ3v) is 5.75. The normalized spacial score (nSPS) is 14.2. The van der Waals surface area contributed by atoms with Crippen molar-refractivity contribution in [3.05, 3.63) is 66.5 Å². The van der Waals surface area contributed by atoms with E-state index in [4.69, 9.17) is 4.74 Å². The van der Waals surface area contributed by atoms with Crippen LogP contribution in [-0.4, -0.2) is 20.8 Å². The highest BCUT2D eigenvalue weighted by Crippen LogP contribution is 2.26. The van der Waals surface area contributed by atoms with Crippen molar-refractivity contribution in [3.63, 3.8) is 0 Å². The molecular formula is C21H30O3S. The third-order valence-electron chi connectivity index (χ3n) is 4.11. The molecule has 0 radical (unpaired) electrons. The van der Waals surface area contributed by atoms with Gasteiger partial charge in [0.15, 0.2) is 9.84 Å². The van der Waals surface area contributed by atoms with Crippen molar-refractivity contribution in [1.82, 2.24) is 0 Å². The molecule has 0 aliphatic rings. The summed E-state index contributed by atoms with van der Waals surface area (Å²) < 4.78 is 31.2. The summed E-state index contributed by atoms with van der Waals surface area (Å²) in [6.45, 7) is 10.2. The molecule has 1 aromatic carbocycles. The van der Waals surface area contributed by atoms with Gasteiger partial charge in [-0.05, 0) is 49.8 Å². The maximum atomic E-state index is 12.7. The Hall–Kier alpha value is -1.81. The average molecular weight is 363 g/mol. The van der Waals surface area contributed by atoms with E-state index in [1.165, 1.54) is 0 Å². The SMILES string of the molecule is C=C/C=C/CCC(C)/C(CC)=C(/CS(=O)(=O)c1ccccc1)OCC. The molecule has 0 aliphatic heterocycles. The fraction of sp³-hybridized carbons (Fsp3) is 0.429. The average Bonchev–Trinajstić information content (AvgIpc) is 2.60. The Bertz CT molecular complexity index is 685. The second kappa shape index (κ2) is 10.9. The quantitative estimate of drug-likeness (QED) is 0.395. The highest BCUT2D eigenvalue weighted by atomic mass is 32.2. The smallest absolute Gasteiger partial charge is 0.185 e. The number of hydrogen-bond donors (Lipinski definition) is 0. The zero-order valence-electron chi connectivity index (χ0n) is 15.6. The van der Waals surface area contributed by atoms with Gasteiger partial charge >= 0.3 is 0 Å². The Morgan fingerprint density at radius 3 is 2.48 bits per heavy atom. The van der Waals surface area contributed by atoms with Gasteiger partial charge in [-0.3, -0.25) is 0 Å². The van der Waals surface area contributed by atoms with Crippen LogP contribution >= 0.6 is 0 Å². The lowest BCUT2D eigenvalue weighted by Gasteiger charge is -2.20. The van der Waals surface area contributed by atoms with Gasteiger partial charge in [-0.1, -0.05) is 56.9 Å². The van der Waals surface area contributed by atoms with Gasteiger partial charge in [0.05, 0.1) is 11.5 Å². The van der Waals surface area contributed by atoms with Crippen LogP contribution in [-0.2, 0) is 14.6 Å². The fourth-order valence-corrected chi connectivity index (χ4v) is 4.17. The van der Waals surface area contributed by atoms with Gasteiger partial charge in [0, 0.05) is 0 Å². The first-order valence-corrected chi connectivity index (χ1v) is 10.5. The molecule has 1 rings (SSSR count). The summed E-state index contributed by atoms with van der Waals surface area (Å²) in [4.78, 5) is 0.337. The number of sulfone groups is 1. The molecule has 1 unspecified atom stereocenters. The van der Waals surface area contributed by atoms with Crippen LogP contribution in [0.4, 0.5) is 0 Å². The van der Waals surface area contributed by atoms with E-state index in [-0.39, 0.29) is 11.7 Å². The molecule has 0 bridgehead atoms. The Morgan fingerprint density at radius 1 is 1.24 bits per heavy atom. The Labute approximate surface area is 153 Å². The van der Waals surface area contributed by atoms with Crippen LogP contribution in [0, 0.1) is 5.92 Å². The van der Waals surface area contributed by atoms with Crippen LogP contribution in [0.1, 0.15) is 40.0 Å². The molecule has 0 aromatic heterocycles. The minimum atomic E-state index is -3.41. The molecule has 1 aromatic rings. The van der Waals surface area contributed by atoms with Gasteiger partial charge in [-0.25, -0.2) is 8.42 Å². The van der Waals surface area contributed by atoms with E-state index in [0.717, 1.165) is 24.8 Å². The van der Waals surface area contributed by atoms with Crippen molar-refractivity contribution in [3.8, 4) is 0 Å². The van der Waals surface area contributed by atoms with Crippen molar-refractivity contribution in [2.24, 2.45) is 5.92 Å². The predicted octanol–water partition coefficient (Wildman–Crippen LogP) is 5.32. The Balaban J connectivity index is 3.05. The molecule has 3 nitrogen and oxygen atoms in total. The van der Waals surface area contributed by atoms with Crippen LogP contribution in [0.25, 0.3) is 0 Å². The molecule has 4 heteroatoms. The van der Waals surface area contributed by atoms with Gasteiger partial charge < -0.3 is 4.74 Å². The lowest BCUT2D eigenvalue weighted by Crippen LogP contribution is -2.15. The summed E-state index contributed by atoms with van der Waals surface area (Å²) in [6, 6.07) is 8.56. The number of rotatable bonds is 11. The molecule has 0 heterocycles. The van der Waals surface area contributed by atoms with Gasteiger partial charge in [-0.2, -0.15) is 0 Å². The topological polar surface area (TPSA) is 43.4 Å². The van der Waals surface area contributed by atoms with E-state index in [2.05, 4.69) is 26.5 Å². The van der Waals surface area contributed by atoms with Crippen molar-refractivity contribution >= 4 is 9.84 Å². The summed E-state index contributed by atoms with van der Waals surface area (Å²) in [6.07, 6.45) is 8.45. The summed E-state index contributed by atoms with van der Waals surface area (Å²) in [7, 11) is -3.41. The number of benzene rings is 1. The molecular weight excluding hydrogens is 332 g/mol. The van der Waals surface area contributed by atoms with Gasteiger partial charge in [-0.15, -0.1) is 0 Å². The van der Waals surface area contributed by atoms with E-state index in [1.807, 2.05) is 19.1 Å². The van der Waals surface area contributed by atoms with E-state index in [1.54, 1.807) is 30.3 Å². The van der Waals surface area contributed by atoms with E-state index < -0.39 is 9.84 Å². The van der Waals surface area contributed by atoms with Crippen molar-refractivity contribution < 1.29 is 13.2 Å². The van der Waals surface area contributed by atoms with Crippen molar-refractivity contribution in [1.29, 1.82) is 0 Å². The molecule has 0 spiro atoms. The standard InChI is InChI=1S/C21H30O3S/c1-5-8-9-11-14-18(4)20(6-2)21(24-7-3)17-25(22,23)19-15-12-10-13-16-19/h5,8-10,12-13,15-16,18H,1,6-7,11,14,17H2,2-4H3/b9-8+,21-20-. The first kappa shape index (κ1) is 21.2. The number of hydrogen-bond acceptors (Lipinski definition) is 3. The van der Waals surface area contributed by atoms with Gasteiger partial charge in [0.1, 0.15) is 11.5 Å². The lowest BCUT2D eigenvalue weighted by molar-refractivity contribution is 0.223. The van der Waals surface area contributed by atoms with Crippen LogP contribution in [0.5, 0.6) is 0 Å². The maximum absolute atomic E-state index is 12.7. The molecule has 138 valence electrons. The molecule has 25 heavy (non-hydrogen) atoms. The van der Waals surface area contributed by atoms with Crippen molar-refractivity contribution in [2.45, 2.75) is 44.9 Å². The molecule has 0 fully saturated rings. The summed E-state index contributed by atoms with van der Waals surface area (Å²) in [5.41, 5.74) is 1.09. The monoisotopic (exact) mass is 362 g/mol. The van der Waals surface area contributed by atoms with Gasteiger partial charge in [0.2, 0.25) is 0 Å². The third kappa shape index (κ3) is 6.91. The highest BCUT2D eigenvalue weighted by Gasteiger charge is 2.22. The minimum Gasteiger partial charge on any atom is -0.497 e. The molecule has 0 amide bonds. The molecule has 0 saturated carbocycles. The van der Waals surface area contributed by atoms with E-state index in [0.29, 0.717) is 17.3 Å². The largest absolute Gasteiger partial charge is 0.497 e. The predicted molar refractivity (Wildman–Crippen MR) is 105 cm³/mol. The first-order chi connectivity index (χ1) is 12.0. The Morgan fingerprint density at radius 2 is 1.92 bits per heavy atom. The van der Waals surface area contributed by atoms with Crippen LogP contribution < -0.4 is 0 Å². The van der Waals surface area contributed by atoms with Gasteiger partial charge in [0.25, 0.3) is 0 Å². The lowest BCUT2D eigenvalue weighted by atomic mass is 9.93. The number of allylic oxidation sites excluding steroid dienone is 4. The Kier molecular flexibility index (Phi) is 9.28. The van der Waals surface area contributed by atoms with Crippen LogP contribution in [0.3, 0.4) is 0 Å². The zero-order chi connectivity index (χ0) is 18.7. The summed E-state index contributed by atoms with van der Waals surface area (Å²) >= 11 is 0. The van der Waals surface area contributed by atoms with Crippen LogP contribution in [0.2, 0.25) is 0 Å². The zero-order valence-corrected chi connectivity index (χ0v) is 16.4. The minimum absolute atomic E-state index is 0.0825. The van der Waals surface area contributed by atoms with Crippen LogP contribution in [0.15, 0.2) is 71.4 Å². The molecule has 0 aliphatic carbocycles. The highest BCUT2D eigenvalue weighted by molar-refractivity contribution is 7.91. The number of ether oxygens (including phenoxy) is 1. The summed E-state index contributed by atoms with van der Waals surface area (Å²) in [5.74, 6) is 0.793. The molecule has 1 atom stereocenters. The first-order valence-electron chi connectivity index (χ1n) is 8.86. The maximum Gasteiger partial charge on any atom is 0.185 e. The van der Waals surface area contributed by atoms with Crippen molar-refractivity contribution in [2.75, 3.05) is 12.4 Å². The fourth-order valence-electron chi connectivity index (χ4n) is 2.82. The van der Waals surface area contributed by atoms with E-state index in [9.17, 15) is 8.42 Å². The molecule has 0 saturated heterocycles. The second-order valence-electron chi connectivity index (χ2n) is 5.95.